The Hall–Kier alpha value is -1.61. The van der Waals surface area contributed by atoms with Gasteiger partial charge in [-0.1, -0.05) is 49.4 Å². The van der Waals surface area contributed by atoms with Gasteiger partial charge in [-0.05, 0) is 23.3 Å². The second-order valence-corrected chi connectivity index (χ2v) is 6.31. The van der Waals surface area contributed by atoms with Crippen molar-refractivity contribution in [1.82, 2.24) is 0 Å². The maximum Gasteiger partial charge on any atom is 0.175 e. The van der Waals surface area contributed by atoms with Gasteiger partial charge in [-0.25, -0.2) is 8.42 Å². The van der Waals surface area contributed by atoms with Crippen molar-refractivity contribution in [1.29, 1.82) is 0 Å². The number of hydrogen-bond acceptors (Lipinski definition) is 2. The standard InChI is InChI=1S/C15H15O2S/c1-12(13-7-4-3-5-8-13)14-9-6-10-15(11-14)18(2,16)17/h3-11H,1-2H3. The van der Waals surface area contributed by atoms with Gasteiger partial charge in [0.05, 0.1) is 4.90 Å². The van der Waals surface area contributed by atoms with Crippen LogP contribution in [-0.4, -0.2) is 14.7 Å². The molecular weight excluding hydrogens is 244 g/mol. The number of rotatable bonds is 3. The molecule has 2 aromatic carbocycles. The van der Waals surface area contributed by atoms with Crippen LogP contribution in [0.3, 0.4) is 0 Å². The van der Waals surface area contributed by atoms with Crippen molar-refractivity contribution < 1.29 is 8.42 Å². The van der Waals surface area contributed by atoms with Gasteiger partial charge in [-0.3, -0.25) is 0 Å². The number of hydrogen-bond donors (Lipinski definition) is 0. The fourth-order valence-electron chi connectivity index (χ4n) is 1.81. The fourth-order valence-corrected chi connectivity index (χ4v) is 2.48. The van der Waals surface area contributed by atoms with E-state index in [2.05, 4.69) is 0 Å². The fraction of sp³-hybridized carbons (Fsp3) is 0.133. The van der Waals surface area contributed by atoms with E-state index in [4.69, 9.17) is 0 Å². The maximum absolute atomic E-state index is 11.5. The second-order valence-electron chi connectivity index (χ2n) is 4.29. The summed E-state index contributed by atoms with van der Waals surface area (Å²) in [4.78, 5) is 0.357. The summed E-state index contributed by atoms with van der Waals surface area (Å²) in [5, 5.41) is 0. The zero-order valence-corrected chi connectivity index (χ0v) is 11.2. The molecule has 0 aliphatic heterocycles. The molecule has 0 saturated heterocycles. The molecule has 0 bridgehead atoms. The molecule has 18 heavy (non-hydrogen) atoms. The van der Waals surface area contributed by atoms with Crippen LogP contribution in [0.25, 0.3) is 0 Å². The summed E-state index contributed by atoms with van der Waals surface area (Å²) in [7, 11) is -3.15. The molecule has 93 valence electrons. The molecule has 0 aliphatic rings. The van der Waals surface area contributed by atoms with Gasteiger partial charge in [0.15, 0.2) is 9.84 Å². The van der Waals surface area contributed by atoms with Crippen molar-refractivity contribution in [2.45, 2.75) is 11.8 Å². The van der Waals surface area contributed by atoms with Crippen molar-refractivity contribution in [3.63, 3.8) is 0 Å². The summed E-state index contributed by atoms with van der Waals surface area (Å²) in [5.74, 6) is 1.07. The minimum atomic E-state index is -3.15. The highest BCUT2D eigenvalue weighted by Crippen LogP contribution is 2.24. The predicted octanol–water partition coefficient (Wildman–Crippen LogP) is 3.08. The smallest absolute Gasteiger partial charge is 0.175 e. The summed E-state index contributed by atoms with van der Waals surface area (Å²) in [6.45, 7) is 2.00. The van der Waals surface area contributed by atoms with Crippen LogP contribution in [0.15, 0.2) is 59.5 Å². The molecule has 2 aromatic rings. The van der Waals surface area contributed by atoms with Crippen LogP contribution in [0.1, 0.15) is 18.1 Å². The van der Waals surface area contributed by atoms with Gasteiger partial charge in [0.2, 0.25) is 0 Å². The highest BCUT2D eigenvalue weighted by molar-refractivity contribution is 7.90. The minimum Gasteiger partial charge on any atom is -0.224 e. The Bertz CT molecular complexity index is 631. The Morgan fingerprint density at radius 2 is 1.50 bits per heavy atom. The molecule has 0 saturated carbocycles. The number of sulfone groups is 1. The topological polar surface area (TPSA) is 34.1 Å². The van der Waals surface area contributed by atoms with Crippen LogP contribution >= 0.6 is 0 Å². The Labute approximate surface area is 108 Å². The van der Waals surface area contributed by atoms with E-state index >= 15 is 0 Å². The molecule has 1 radical (unpaired) electrons. The second kappa shape index (κ2) is 4.94. The average molecular weight is 259 g/mol. The van der Waals surface area contributed by atoms with Crippen molar-refractivity contribution in [2.24, 2.45) is 0 Å². The lowest BCUT2D eigenvalue weighted by Gasteiger charge is -2.12. The molecule has 0 spiro atoms. The van der Waals surface area contributed by atoms with E-state index in [1.54, 1.807) is 18.2 Å². The molecule has 0 atom stereocenters. The van der Waals surface area contributed by atoms with E-state index in [1.165, 1.54) is 6.26 Å². The Morgan fingerprint density at radius 3 is 2.11 bits per heavy atom. The van der Waals surface area contributed by atoms with Crippen LogP contribution in [0.2, 0.25) is 0 Å². The van der Waals surface area contributed by atoms with Gasteiger partial charge in [-0.15, -0.1) is 0 Å². The lowest BCUT2D eigenvalue weighted by atomic mass is 9.93. The minimum absolute atomic E-state index is 0.357. The maximum atomic E-state index is 11.5. The summed E-state index contributed by atoms with van der Waals surface area (Å²) in [5.41, 5.74) is 2.03. The van der Waals surface area contributed by atoms with Crippen molar-refractivity contribution >= 4 is 9.84 Å². The monoisotopic (exact) mass is 259 g/mol. The number of benzene rings is 2. The van der Waals surface area contributed by atoms with Crippen molar-refractivity contribution in [3.05, 3.63) is 71.6 Å². The third kappa shape index (κ3) is 2.79. The van der Waals surface area contributed by atoms with E-state index in [1.807, 2.05) is 43.3 Å². The molecule has 2 rings (SSSR count). The van der Waals surface area contributed by atoms with Crippen LogP contribution in [0.5, 0.6) is 0 Å². The van der Waals surface area contributed by atoms with Gasteiger partial charge in [0.25, 0.3) is 0 Å². The van der Waals surface area contributed by atoms with Crippen LogP contribution in [0, 0.1) is 5.92 Å². The zero-order valence-electron chi connectivity index (χ0n) is 10.4. The first kappa shape index (κ1) is 12.8. The van der Waals surface area contributed by atoms with Crippen LogP contribution in [0.4, 0.5) is 0 Å². The molecule has 2 nitrogen and oxygen atoms in total. The van der Waals surface area contributed by atoms with E-state index in [0.29, 0.717) is 4.90 Å². The average Bonchev–Trinajstić information content (AvgIpc) is 2.38. The van der Waals surface area contributed by atoms with Crippen molar-refractivity contribution in [2.75, 3.05) is 6.26 Å². The SMILES string of the molecule is C[C](c1ccccc1)c1cccc(S(C)(=O)=O)c1. The van der Waals surface area contributed by atoms with E-state index in [9.17, 15) is 8.42 Å². The molecule has 0 aliphatic carbocycles. The first-order valence-corrected chi connectivity index (χ1v) is 7.57. The summed E-state index contributed by atoms with van der Waals surface area (Å²) in [6.07, 6.45) is 1.23. The summed E-state index contributed by atoms with van der Waals surface area (Å²) >= 11 is 0. The largest absolute Gasteiger partial charge is 0.224 e. The normalized spacial score (nSPS) is 11.7. The van der Waals surface area contributed by atoms with Gasteiger partial charge < -0.3 is 0 Å². The van der Waals surface area contributed by atoms with Crippen LogP contribution in [-0.2, 0) is 9.84 Å². The van der Waals surface area contributed by atoms with E-state index < -0.39 is 9.84 Å². The summed E-state index contributed by atoms with van der Waals surface area (Å²) in [6, 6.07) is 17.0. The quantitative estimate of drug-likeness (QED) is 0.849. The van der Waals surface area contributed by atoms with Crippen molar-refractivity contribution in [3.8, 4) is 0 Å². The van der Waals surface area contributed by atoms with Gasteiger partial charge >= 0.3 is 0 Å². The predicted molar refractivity (Wildman–Crippen MR) is 73.1 cm³/mol. The first-order valence-electron chi connectivity index (χ1n) is 5.68. The molecule has 0 amide bonds. The van der Waals surface area contributed by atoms with Gasteiger partial charge in [-0.2, -0.15) is 0 Å². The molecule has 0 aromatic heterocycles. The molecule has 0 unspecified atom stereocenters. The van der Waals surface area contributed by atoms with E-state index in [-0.39, 0.29) is 0 Å². The Balaban J connectivity index is 2.41. The lowest BCUT2D eigenvalue weighted by Crippen LogP contribution is -2.01. The summed E-state index contributed by atoms with van der Waals surface area (Å²) < 4.78 is 23.1. The molecule has 0 N–H and O–H groups in total. The molecule has 0 heterocycles. The van der Waals surface area contributed by atoms with Crippen LogP contribution < -0.4 is 0 Å². The molecule has 0 fully saturated rings. The molecular formula is C15H15O2S. The third-order valence-electron chi connectivity index (χ3n) is 2.90. The molecule has 3 heteroatoms. The Morgan fingerprint density at radius 1 is 0.889 bits per heavy atom. The zero-order chi connectivity index (χ0) is 13.2. The van der Waals surface area contributed by atoms with Gasteiger partial charge in [0, 0.05) is 12.2 Å². The van der Waals surface area contributed by atoms with E-state index in [0.717, 1.165) is 17.0 Å². The first-order chi connectivity index (χ1) is 8.48. The Kier molecular flexibility index (Phi) is 3.53. The lowest BCUT2D eigenvalue weighted by molar-refractivity contribution is 0.602. The van der Waals surface area contributed by atoms with Gasteiger partial charge in [0.1, 0.15) is 0 Å². The third-order valence-corrected chi connectivity index (χ3v) is 4.01. The highest BCUT2D eigenvalue weighted by atomic mass is 32.2. The highest BCUT2D eigenvalue weighted by Gasteiger charge is 2.12.